The van der Waals surface area contributed by atoms with Crippen LogP contribution < -0.4 is 14.4 Å². The van der Waals surface area contributed by atoms with Crippen molar-refractivity contribution in [2.24, 2.45) is 0 Å². The van der Waals surface area contributed by atoms with E-state index in [1.165, 1.54) is 16.7 Å². The van der Waals surface area contributed by atoms with Crippen LogP contribution in [0.1, 0.15) is 5.56 Å². The number of anilines is 1. The summed E-state index contributed by atoms with van der Waals surface area (Å²) in [6.07, 6.45) is 0. The van der Waals surface area contributed by atoms with Crippen LogP contribution in [0, 0.1) is 0 Å². The molecule has 0 atom stereocenters. The first-order valence-corrected chi connectivity index (χ1v) is 10.1. The molecule has 1 aliphatic heterocycles. The number of methoxy groups -OCH3 is 2. The van der Waals surface area contributed by atoms with Gasteiger partial charge in [-0.05, 0) is 54.1 Å². The first kappa shape index (κ1) is 19.8. The lowest BCUT2D eigenvalue weighted by atomic mass is 10.1. The van der Waals surface area contributed by atoms with E-state index in [1.807, 2.05) is 30.3 Å². The van der Waals surface area contributed by atoms with Crippen molar-refractivity contribution >= 4 is 34.8 Å². The molecule has 0 N–H and O–H groups in total. The second-order valence-electron chi connectivity index (χ2n) is 6.49. The predicted molar refractivity (Wildman–Crippen MR) is 118 cm³/mol. The van der Waals surface area contributed by atoms with Gasteiger partial charge in [-0.3, -0.25) is 9.59 Å². The number of benzene rings is 3. The fraction of sp³-hybridized carbons (Fsp3) is 0.0833. The van der Waals surface area contributed by atoms with Crippen LogP contribution in [0.3, 0.4) is 0 Å². The molecule has 30 heavy (non-hydrogen) atoms. The van der Waals surface area contributed by atoms with E-state index in [9.17, 15) is 9.59 Å². The minimum absolute atomic E-state index is 0.343. The number of carbonyl (C=O) groups excluding carboxylic acids is 2. The summed E-state index contributed by atoms with van der Waals surface area (Å²) in [4.78, 5) is 29.2. The van der Waals surface area contributed by atoms with E-state index in [1.54, 1.807) is 62.8 Å². The van der Waals surface area contributed by atoms with Crippen molar-refractivity contribution < 1.29 is 19.1 Å². The highest BCUT2D eigenvalue weighted by Crippen LogP contribution is 2.41. The van der Waals surface area contributed by atoms with Gasteiger partial charge in [0, 0.05) is 4.90 Å². The lowest BCUT2D eigenvalue weighted by Gasteiger charge is -2.15. The molecule has 6 heteroatoms. The highest BCUT2D eigenvalue weighted by Gasteiger charge is 2.40. The largest absolute Gasteiger partial charge is 0.497 e. The van der Waals surface area contributed by atoms with E-state index < -0.39 is 0 Å². The van der Waals surface area contributed by atoms with Crippen LogP contribution in [0.4, 0.5) is 5.69 Å². The van der Waals surface area contributed by atoms with E-state index in [0.717, 1.165) is 4.90 Å². The molecule has 2 amide bonds. The van der Waals surface area contributed by atoms with Gasteiger partial charge in [-0.15, -0.1) is 0 Å². The number of amides is 2. The molecule has 0 aromatic heterocycles. The fourth-order valence-corrected chi connectivity index (χ4v) is 4.20. The average molecular weight is 417 g/mol. The van der Waals surface area contributed by atoms with Gasteiger partial charge >= 0.3 is 0 Å². The summed E-state index contributed by atoms with van der Waals surface area (Å²) in [7, 11) is 3.15. The third-order valence-electron chi connectivity index (χ3n) is 4.71. The van der Waals surface area contributed by atoms with Crippen LogP contribution in [0.2, 0.25) is 0 Å². The third-order valence-corrected chi connectivity index (χ3v) is 5.80. The Labute approximate surface area is 178 Å². The Morgan fingerprint density at radius 2 is 1.27 bits per heavy atom. The Hall–Kier alpha value is -3.51. The number of hydrogen-bond acceptors (Lipinski definition) is 5. The Kier molecular flexibility index (Phi) is 5.59. The second-order valence-corrected chi connectivity index (χ2v) is 7.58. The zero-order valence-corrected chi connectivity index (χ0v) is 17.3. The highest BCUT2D eigenvalue weighted by atomic mass is 32.2. The van der Waals surface area contributed by atoms with Crippen LogP contribution >= 0.6 is 11.8 Å². The standard InChI is InChI=1S/C24H19NO4S/c1-28-18-12-8-16(9-13-18)21-22(30-20-6-4-3-5-7-20)24(27)25(23(21)26)17-10-14-19(29-2)15-11-17/h3-15H,1-2H3. The van der Waals surface area contributed by atoms with Gasteiger partial charge in [0.15, 0.2) is 0 Å². The molecule has 0 saturated carbocycles. The van der Waals surface area contributed by atoms with Crippen molar-refractivity contribution in [1.82, 2.24) is 0 Å². The normalized spacial score (nSPS) is 13.7. The van der Waals surface area contributed by atoms with Gasteiger partial charge in [-0.1, -0.05) is 42.1 Å². The minimum atomic E-state index is -0.353. The minimum Gasteiger partial charge on any atom is -0.497 e. The van der Waals surface area contributed by atoms with E-state index in [4.69, 9.17) is 9.47 Å². The number of carbonyl (C=O) groups is 2. The first-order valence-electron chi connectivity index (χ1n) is 9.27. The van der Waals surface area contributed by atoms with Gasteiger partial charge in [0.05, 0.1) is 30.4 Å². The Morgan fingerprint density at radius 3 is 1.83 bits per heavy atom. The molecule has 150 valence electrons. The number of nitrogens with zero attached hydrogens (tertiary/aromatic N) is 1. The summed E-state index contributed by atoms with van der Waals surface area (Å²) >= 11 is 1.29. The van der Waals surface area contributed by atoms with Crippen LogP contribution in [0.25, 0.3) is 5.57 Å². The quantitative estimate of drug-likeness (QED) is 0.540. The van der Waals surface area contributed by atoms with Crippen molar-refractivity contribution in [3.05, 3.63) is 89.3 Å². The molecular formula is C24H19NO4S. The summed E-state index contributed by atoms with van der Waals surface area (Å²) in [6.45, 7) is 0. The van der Waals surface area contributed by atoms with E-state index in [-0.39, 0.29) is 11.8 Å². The van der Waals surface area contributed by atoms with Crippen molar-refractivity contribution in [1.29, 1.82) is 0 Å². The Bertz CT molecular complexity index is 1110. The van der Waals surface area contributed by atoms with E-state index in [0.29, 0.717) is 33.2 Å². The molecular weight excluding hydrogens is 398 g/mol. The monoisotopic (exact) mass is 417 g/mol. The van der Waals surface area contributed by atoms with E-state index >= 15 is 0 Å². The highest BCUT2D eigenvalue weighted by molar-refractivity contribution is 8.04. The number of thioether (sulfide) groups is 1. The molecule has 4 rings (SSSR count). The van der Waals surface area contributed by atoms with Crippen LogP contribution in [0.5, 0.6) is 11.5 Å². The van der Waals surface area contributed by atoms with Crippen molar-refractivity contribution in [2.75, 3.05) is 19.1 Å². The molecule has 1 aliphatic rings. The maximum atomic E-state index is 13.4. The first-order chi connectivity index (χ1) is 14.6. The number of hydrogen-bond donors (Lipinski definition) is 0. The molecule has 5 nitrogen and oxygen atoms in total. The molecule has 0 radical (unpaired) electrons. The zero-order chi connectivity index (χ0) is 21.1. The SMILES string of the molecule is COc1ccc(C2=C(Sc3ccccc3)C(=O)N(c3ccc(OC)cc3)C2=O)cc1. The maximum Gasteiger partial charge on any atom is 0.272 e. The molecule has 0 fully saturated rings. The van der Waals surface area contributed by atoms with Crippen LogP contribution in [0.15, 0.2) is 88.7 Å². The molecule has 0 bridgehead atoms. The number of ether oxygens (including phenoxy) is 2. The topological polar surface area (TPSA) is 55.8 Å². The Morgan fingerprint density at radius 1 is 0.700 bits per heavy atom. The van der Waals surface area contributed by atoms with Gasteiger partial charge in [0.25, 0.3) is 11.8 Å². The average Bonchev–Trinajstić information content (AvgIpc) is 3.04. The van der Waals surface area contributed by atoms with Crippen molar-refractivity contribution in [2.45, 2.75) is 4.90 Å². The van der Waals surface area contributed by atoms with Gasteiger partial charge in [0.2, 0.25) is 0 Å². The smallest absolute Gasteiger partial charge is 0.272 e. The zero-order valence-electron chi connectivity index (χ0n) is 16.5. The third kappa shape index (κ3) is 3.69. The number of rotatable bonds is 6. The Balaban J connectivity index is 1.78. The van der Waals surface area contributed by atoms with Crippen molar-refractivity contribution in [3.63, 3.8) is 0 Å². The summed E-state index contributed by atoms with van der Waals surface area (Å²) < 4.78 is 10.4. The predicted octanol–water partition coefficient (Wildman–Crippen LogP) is 4.78. The molecule has 3 aromatic rings. The fourth-order valence-electron chi connectivity index (χ4n) is 3.19. The van der Waals surface area contributed by atoms with Crippen LogP contribution in [-0.4, -0.2) is 26.0 Å². The second kappa shape index (κ2) is 8.47. The molecule has 0 saturated heterocycles. The number of imide groups is 1. The lowest BCUT2D eigenvalue weighted by Crippen LogP contribution is -2.31. The van der Waals surface area contributed by atoms with Gasteiger partial charge in [0.1, 0.15) is 11.5 Å². The van der Waals surface area contributed by atoms with Crippen LogP contribution in [-0.2, 0) is 9.59 Å². The van der Waals surface area contributed by atoms with Gasteiger partial charge in [-0.25, -0.2) is 4.90 Å². The molecule has 0 spiro atoms. The van der Waals surface area contributed by atoms with Crippen molar-refractivity contribution in [3.8, 4) is 11.5 Å². The molecule has 3 aromatic carbocycles. The molecule has 0 unspecified atom stereocenters. The summed E-state index contributed by atoms with van der Waals surface area (Å²) in [5, 5.41) is 0. The lowest BCUT2D eigenvalue weighted by molar-refractivity contribution is -0.119. The molecule has 0 aliphatic carbocycles. The molecule has 1 heterocycles. The summed E-state index contributed by atoms with van der Waals surface area (Å²) in [5.74, 6) is 0.638. The van der Waals surface area contributed by atoms with Gasteiger partial charge in [-0.2, -0.15) is 0 Å². The summed E-state index contributed by atoms with van der Waals surface area (Å²) in [5.41, 5.74) is 1.55. The van der Waals surface area contributed by atoms with Gasteiger partial charge < -0.3 is 9.47 Å². The summed E-state index contributed by atoms with van der Waals surface area (Å²) in [6, 6.07) is 23.6. The maximum absolute atomic E-state index is 13.4. The van der Waals surface area contributed by atoms with E-state index in [2.05, 4.69) is 0 Å².